The van der Waals surface area contributed by atoms with Gasteiger partial charge in [0.1, 0.15) is 6.61 Å². The summed E-state index contributed by atoms with van der Waals surface area (Å²) in [6.45, 7) is 6.70. The average molecular weight is 400 g/mol. The Labute approximate surface area is 175 Å². The molecule has 0 radical (unpaired) electrons. The van der Waals surface area contributed by atoms with Crippen LogP contribution in [0, 0.1) is 13.8 Å². The van der Waals surface area contributed by atoms with Gasteiger partial charge in [0.15, 0.2) is 11.4 Å². The van der Waals surface area contributed by atoms with Gasteiger partial charge >= 0.3 is 5.97 Å². The molecule has 0 atom stereocenters. The number of imidazole rings is 1. The SMILES string of the molecule is CCOC(=O)c1ccc(-c2c(C)nc3c(OCc4ccccc4C)cccn23)cc1. The third-order valence-electron chi connectivity index (χ3n) is 5.10. The summed E-state index contributed by atoms with van der Waals surface area (Å²) in [5.41, 5.74) is 6.50. The van der Waals surface area contributed by atoms with Crippen molar-refractivity contribution >= 4 is 11.6 Å². The average Bonchev–Trinajstić information content (AvgIpc) is 3.10. The lowest BCUT2D eigenvalue weighted by Gasteiger charge is -2.10. The van der Waals surface area contributed by atoms with Gasteiger partial charge in [0, 0.05) is 11.8 Å². The molecule has 152 valence electrons. The van der Waals surface area contributed by atoms with Crippen molar-refractivity contribution in [3.63, 3.8) is 0 Å². The number of nitrogens with zero attached hydrogens (tertiary/aromatic N) is 2. The summed E-state index contributed by atoms with van der Waals surface area (Å²) in [7, 11) is 0. The zero-order valence-corrected chi connectivity index (χ0v) is 17.4. The van der Waals surface area contributed by atoms with Crippen LogP contribution in [0.5, 0.6) is 5.75 Å². The lowest BCUT2D eigenvalue weighted by Crippen LogP contribution is -2.04. The lowest BCUT2D eigenvalue weighted by molar-refractivity contribution is 0.0526. The van der Waals surface area contributed by atoms with Crippen LogP contribution in [0.15, 0.2) is 66.9 Å². The smallest absolute Gasteiger partial charge is 0.338 e. The number of aromatic nitrogens is 2. The van der Waals surface area contributed by atoms with Crippen LogP contribution in [-0.2, 0) is 11.3 Å². The van der Waals surface area contributed by atoms with Gasteiger partial charge in [-0.25, -0.2) is 9.78 Å². The van der Waals surface area contributed by atoms with Gasteiger partial charge < -0.3 is 9.47 Å². The van der Waals surface area contributed by atoms with Gasteiger partial charge in [-0.15, -0.1) is 0 Å². The number of aryl methyl sites for hydroxylation is 2. The van der Waals surface area contributed by atoms with Gasteiger partial charge in [0.25, 0.3) is 0 Å². The van der Waals surface area contributed by atoms with E-state index in [9.17, 15) is 4.79 Å². The van der Waals surface area contributed by atoms with Crippen LogP contribution in [0.1, 0.15) is 34.1 Å². The van der Waals surface area contributed by atoms with Gasteiger partial charge in [-0.3, -0.25) is 4.40 Å². The van der Waals surface area contributed by atoms with Gasteiger partial charge in [-0.1, -0.05) is 36.4 Å². The Morgan fingerprint density at radius 1 is 1.00 bits per heavy atom. The first kappa shape index (κ1) is 19.7. The fourth-order valence-corrected chi connectivity index (χ4v) is 3.52. The molecule has 0 amide bonds. The van der Waals surface area contributed by atoms with Crippen LogP contribution in [-0.4, -0.2) is 22.0 Å². The summed E-state index contributed by atoms with van der Waals surface area (Å²) >= 11 is 0. The highest BCUT2D eigenvalue weighted by Gasteiger charge is 2.15. The van der Waals surface area contributed by atoms with Crippen molar-refractivity contribution in [2.45, 2.75) is 27.4 Å². The van der Waals surface area contributed by atoms with Gasteiger partial charge in [0.2, 0.25) is 0 Å². The van der Waals surface area contributed by atoms with Crippen LogP contribution in [0.3, 0.4) is 0 Å². The zero-order chi connectivity index (χ0) is 21.1. The number of pyridine rings is 1. The zero-order valence-electron chi connectivity index (χ0n) is 17.4. The second-order valence-electron chi connectivity index (χ2n) is 7.12. The maximum absolute atomic E-state index is 11.9. The second-order valence-corrected chi connectivity index (χ2v) is 7.12. The first-order chi connectivity index (χ1) is 14.6. The summed E-state index contributed by atoms with van der Waals surface area (Å²) < 4.78 is 13.2. The molecule has 0 saturated heterocycles. The highest BCUT2D eigenvalue weighted by atomic mass is 16.5. The minimum atomic E-state index is -0.314. The van der Waals surface area contributed by atoms with Crippen molar-refractivity contribution < 1.29 is 14.3 Å². The molecule has 2 aromatic carbocycles. The van der Waals surface area contributed by atoms with Crippen molar-refractivity contribution in [2.24, 2.45) is 0 Å². The lowest BCUT2D eigenvalue weighted by atomic mass is 10.1. The molecular weight excluding hydrogens is 376 g/mol. The summed E-state index contributed by atoms with van der Waals surface area (Å²) in [6.07, 6.45) is 1.98. The molecule has 0 bridgehead atoms. The third kappa shape index (κ3) is 3.79. The maximum atomic E-state index is 11.9. The van der Waals surface area contributed by atoms with E-state index in [0.717, 1.165) is 33.9 Å². The van der Waals surface area contributed by atoms with Crippen molar-refractivity contribution in [1.29, 1.82) is 0 Å². The molecule has 0 unspecified atom stereocenters. The Balaban J connectivity index is 1.66. The molecule has 0 aliphatic rings. The molecule has 5 heteroatoms. The first-order valence-corrected chi connectivity index (χ1v) is 10.0. The van der Waals surface area contributed by atoms with Crippen LogP contribution in [0.2, 0.25) is 0 Å². The number of fused-ring (bicyclic) bond motifs is 1. The topological polar surface area (TPSA) is 52.8 Å². The van der Waals surface area contributed by atoms with E-state index in [2.05, 4.69) is 19.1 Å². The van der Waals surface area contributed by atoms with Crippen molar-refractivity contribution in [2.75, 3.05) is 6.61 Å². The minimum absolute atomic E-state index is 0.314. The number of benzene rings is 2. The van der Waals surface area contributed by atoms with E-state index in [4.69, 9.17) is 14.5 Å². The molecule has 5 nitrogen and oxygen atoms in total. The molecule has 0 N–H and O–H groups in total. The maximum Gasteiger partial charge on any atom is 0.338 e. The molecular formula is C25H24N2O3. The van der Waals surface area contributed by atoms with Crippen LogP contribution in [0.4, 0.5) is 0 Å². The van der Waals surface area contributed by atoms with Crippen molar-refractivity contribution in [3.05, 3.63) is 89.2 Å². The molecule has 4 rings (SSSR count). The highest BCUT2D eigenvalue weighted by Crippen LogP contribution is 2.30. The largest absolute Gasteiger partial charge is 0.485 e. The van der Waals surface area contributed by atoms with Gasteiger partial charge in [-0.2, -0.15) is 0 Å². The molecule has 0 saturated carbocycles. The number of carbonyl (C=O) groups is 1. The van der Waals surface area contributed by atoms with Crippen LogP contribution >= 0.6 is 0 Å². The molecule has 30 heavy (non-hydrogen) atoms. The molecule has 0 spiro atoms. The van der Waals surface area contributed by atoms with E-state index in [1.807, 2.05) is 53.9 Å². The van der Waals surface area contributed by atoms with E-state index >= 15 is 0 Å². The Hall–Kier alpha value is -3.60. The van der Waals surface area contributed by atoms with Crippen LogP contribution < -0.4 is 4.74 Å². The van der Waals surface area contributed by atoms with Crippen molar-refractivity contribution in [1.82, 2.24) is 9.38 Å². The number of rotatable bonds is 6. The van der Waals surface area contributed by atoms with Crippen LogP contribution in [0.25, 0.3) is 16.9 Å². The van der Waals surface area contributed by atoms with E-state index in [1.165, 1.54) is 5.56 Å². The standard InChI is InChI=1S/C25H24N2O3/c1-4-29-25(28)20-13-11-19(12-14-20)23-18(3)26-24-22(10-7-15-27(23)24)30-16-21-9-6-5-8-17(21)2/h5-15H,4,16H2,1-3H3. The summed E-state index contributed by atoms with van der Waals surface area (Å²) in [4.78, 5) is 16.7. The van der Waals surface area contributed by atoms with Crippen molar-refractivity contribution in [3.8, 4) is 17.0 Å². The van der Waals surface area contributed by atoms with Gasteiger partial charge in [0.05, 0.1) is 23.6 Å². The molecule has 0 fully saturated rings. The quantitative estimate of drug-likeness (QED) is 0.408. The van der Waals surface area contributed by atoms with Gasteiger partial charge in [-0.05, 0) is 56.2 Å². The minimum Gasteiger partial charge on any atom is -0.485 e. The monoisotopic (exact) mass is 400 g/mol. The fraction of sp³-hybridized carbons (Fsp3) is 0.200. The fourth-order valence-electron chi connectivity index (χ4n) is 3.52. The molecule has 2 heterocycles. The van der Waals surface area contributed by atoms with E-state index in [1.54, 1.807) is 19.1 Å². The Morgan fingerprint density at radius 3 is 2.50 bits per heavy atom. The molecule has 0 aliphatic heterocycles. The highest BCUT2D eigenvalue weighted by molar-refractivity contribution is 5.90. The van der Waals surface area contributed by atoms with E-state index in [-0.39, 0.29) is 5.97 Å². The molecule has 0 aliphatic carbocycles. The predicted molar refractivity (Wildman–Crippen MR) is 117 cm³/mol. The summed E-state index contributed by atoms with van der Waals surface area (Å²) in [5, 5.41) is 0. The Bertz CT molecular complexity index is 1190. The van der Waals surface area contributed by atoms with E-state index < -0.39 is 0 Å². The van der Waals surface area contributed by atoms with E-state index in [0.29, 0.717) is 18.8 Å². The number of carbonyl (C=O) groups excluding carboxylic acids is 1. The number of ether oxygens (including phenoxy) is 2. The Kier molecular flexibility index (Phi) is 5.53. The second kappa shape index (κ2) is 8.41. The number of hydrogen-bond acceptors (Lipinski definition) is 4. The Morgan fingerprint density at radius 2 is 1.77 bits per heavy atom. The summed E-state index contributed by atoms with van der Waals surface area (Å²) in [5.74, 6) is 0.420. The molecule has 4 aromatic rings. The first-order valence-electron chi connectivity index (χ1n) is 10.0. The number of esters is 1. The third-order valence-corrected chi connectivity index (χ3v) is 5.10. The molecule has 2 aromatic heterocycles. The number of hydrogen-bond donors (Lipinski definition) is 0. The predicted octanol–water partition coefficient (Wildman–Crippen LogP) is 5.37. The summed E-state index contributed by atoms with van der Waals surface area (Å²) in [6, 6.07) is 19.5. The normalized spacial score (nSPS) is 10.9.